The van der Waals surface area contributed by atoms with Gasteiger partial charge in [-0.3, -0.25) is 0 Å². The molecule has 0 amide bonds. The fraction of sp³-hybridized carbons (Fsp3) is 0.0526. The normalized spacial score (nSPS) is 13.0. The molecule has 3 heteroatoms. The smallest absolute Gasteiger partial charge is 0.0548 e. The molecule has 0 fully saturated rings. The average molecular weight is 768 g/mol. The van der Waals surface area contributed by atoms with E-state index in [1.807, 2.05) is 0 Å². The number of nitrogens with zero attached hydrogens (tertiary/aromatic N) is 3. The van der Waals surface area contributed by atoms with Gasteiger partial charge in [-0.15, -0.1) is 0 Å². The minimum atomic E-state index is -0.125. The van der Waals surface area contributed by atoms with Gasteiger partial charge < -0.3 is 14.0 Å². The van der Waals surface area contributed by atoms with Crippen LogP contribution in [0, 0.1) is 0 Å². The van der Waals surface area contributed by atoms with E-state index in [0.717, 1.165) is 28.4 Å². The number of hydrogen-bond donors (Lipinski definition) is 0. The third-order valence-electron chi connectivity index (χ3n) is 12.9. The van der Waals surface area contributed by atoms with Gasteiger partial charge in [0, 0.05) is 55.4 Å². The number of aromatic nitrogens is 2. The second-order valence-electron chi connectivity index (χ2n) is 16.6. The van der Waals surface area contributed by atoms with Crippen molar-refractivity contribution in [3.8, 4) is 33.6 Å². The summed E-state index contributed by atoms with van der Waals surface area (Å²) < 4.78 is 4.86. The number of benzene rings is 9. The van der Waals surface area contributed by atoms with E-state index in [1.165, 1.54) is 77.0 Å². The molecule has 12 rings (SSSR count). The number of rotatable bonds is 6. The molecule has 0 atom stereocenters. The Morgan fingerprint density at radius 3 is 1.52 bits per heavy atom. The fourth-order valence-corrected chi connectivity index (χ4v) is 10.0. The number of para-hydroxylation sites is 3. The third kappa shape index (κ3) is 5.15. The lowest BCUT2D eigenvalue weighted by molar-refractivity contribution is 0.660. The van der Waals surface area contributed by atoms with Gasteiger partial charge >= 0.3 is 0 Å². The zero-order valence-corrected chi connectivity index (χ0v) is 33.5. The summed E-state index contributed by atoms with van der Waals surface area (Å²) in [5, 5.41) is 4.91. The molecular formula is C57H41N3. The van der Waals surface area contributed by atoms with E-state index in [4.69, 9.17) is 0 Å². The maximum absolute atomic E-state index is 2.44. The summed E-state index contributed by atoms with van der Waals surface area (Å²) in [6.07, 6.45) is 0. The highest BCUT2D eigenvalue weighted by Crippen LogP contribution is 2.51. The van der Waals surface area contributed by atoms with Gasteiger partial charge in [-0.1, -0.05) is 141 Å². The van der Waals surface area contributed by atoms with Crippen molar-refractivity contribution in [2.45, 2.75) is 19.3 Å². The molecule has 0 N–H and O–H groups in total. The summed E-state index contributed by atoms with van der Waals surface area (Å²) in [6.45, 7) is 4.72. The van der Waals surface area contributed by atoms with Crippen molar-refractivity contribution >= 4 is 60.7 Å². The van der Waals surface area contributed by atoms with Crippen molar-refractivity contribution in [2.24, 2.45) is 0 Å². The molecule has 1 aliphatic carbocycles. The molecule has 0 saturated heterocycles. The molecule has 284 valence electrons. The van der Waals surface area contributed by atoms with E-state index in [2.05, 4.69) is 240 Å². The third-order valence-corrected chi connectivity index (χ3v) is 12.9. The second-order valence-corrected chi connectivity index (χ2v) is 16.6. The quantitative estimate of drug-likeness (QED) is 0.164. The van der Waals surface area contributed by atoms with Crippen molar-refractivity contribution < 1.29 is 0 Å². The summed E-state index contributed by atoms with van der Waals surface area (Å²) in [4.78, 5) is 2.44. The van der Waals surface area contributed by atoms with Crippen LogP contribution < -0.4 is 4.90 Å². The number of fused-ring (bicyclic) bond motifs is 9. The minimum absolute atomic E-state index is 0.125. The molecule has 11 aromatic rings. The van der Waals surface area contributed by atoms with E-state index in [0.29, 0.717) is 0 Å². The lowest BCUT2D eigenvalue weighted by Gasteiger charge is -2.28. The maximum Gasteiger partial charge on any atom is 0.0548 e. The van der Waals surface area contributed by atoms with Crippen LogP contribution in [0.3, 0.4) is 0 Å². The Balaban J connectivity index is 1.12. The van der Waals surface area contributed by atoms with Gasteiger partial charge in [0.1, 0.15) is 0 Å². The molecule has 0 unspecified atom stereocenters. The zero-order chi connectivity index (χ0) is 40.0. The van der Waals surface area contributed by atoms with Gasteiger partial charge in [0.2, 0.25) is 0 Å². The minimum Gasteiger partial charge on any atom is -0.310 e. The Bertz CT molecular complexity index is 3430. The first-order valence-electron chi connectivity index (χ1n) is 20.9. The molecule has 1 aliphatic rings. The molecule has 0 saturated carbocycles. The van der Waals surface area contributed by atoms with Crippen molar-refractivity contribution in [1.82, 2.24) is 9.13 Å². The molecule has 2 heterocycles. The van der Waals surface area contributed by atoms with Gasteiger partial charge in [0.15, 0.2) is 0 Å². The van der Waals surface area contributed by atoms with Gasteiger partial charge in [-0.25, -0.2) is 0 Å². The molecule has 9 aromatic carbocycles. The summed E-state index contributed by atoms with van der Waals surface area (Å²) in [7, 11) is 0. The monoisotopic (exact) mass is 767 g/mol. The van der Waals surface area contributed by atoms with Crippen LogP contribution in [0.5, 0.6) is 0 Å². The standard InChI is InChI=1S/C57H41N3/c1-57(2)51-24-14-12-22-45(51)46-32-30-44(35-52(46)57)58(42-28-26-39(27-29-42)38-16-6-3-7-17-38)43-31-33-54-48(34-43)50-37-55-49(36-56(50)60(54)41-20-10-5-11-21-41)47-23-13-15-25-53(47)59(55)40-18-8-4-9-19-40/h3-37H,1-2H3. The Kier molecular flexibility index (Phi) is 7.58. The highest BCUT2D eigenvalue weighted by atomic mass is 15.1. The highest BCUT2D eigenvalue weighted by molar-refractivity contribution is 6.19. The zero-order valence-electron chi connectivity index (χ0n) is 33.5. The summed E-state index contributed by atoms with van der Waals surface area (Å²) in [6, 6.07) is 77.9. The predicted molar refractivity (Wildman–Crippen MR) is 253 cm³/mol. The van der Waals surface area contributed by atoms with Crippen LogP contribution in [0.4, 0.5) is 17.1 Å². The van der Waals surface area contributed by atoms with Crippen molar-refractivity contribution in [3.05, 3.63) is 223 Å². The van der Waals surface area contributed by atoms with Crippen LogP contribution in [0.15, 0.2) is 212 Å². The number of hydrogen-bond acceptors (Lipinski definition) is 1. The van der Waals surface area contributed by atoms with Gasteiger partial charge in [0.25, 0.3) is 0 Å². The molecule has 0 bridgehead atoms. The molecule has 3 nitrogen and oxygen atoms in total. The molecule has 0 radical (unpaired) electrons. The first kappa shape index (κ1) is 34.4. The fourth-order valence-electron chi connectivity index (χ4n) is 10.0. The summed E-state index contributed by atoms with van der Waals surface area (Å²) in [5.74, 6) is 0. The Morgan fingerprint density at radius 2 is 0.817 bits per heavy atom. The van der Waals surface area contributed by atoms with Gasteiger partial charge in [-0.05, 0) is 118 Å². The Hall–Kier alpha value is -7.62. The van der Waals surface area contributed by atoms with E-state index in [-0.39, 0.29) is 5.41 Å². The molecule has 0 spiro atoms. The topological polar surface area (TPSA) is 13.1 Å². The lowest BCUT2D eigenvalue weighted by atomic mass is 9.82. The maximum atomic E-state index is 2.44. The summed E-state index contributed by atoms with van der Waals surface area (Å²) in [5.41, 5.74) is 18.1. The van der Waals surface area contributed by atoms with Crippen LogP contribution in [0.25, 0.3) is 77.2 Å². The van der Waals surface area contributed by atoms with Crippen LogP contribution in [-0.2, 0) is 5.41 Å². The largest absolute Gasteiger partial charge is 0.310 e. The van der Waals surface area contributed by atoms with Crippen LogP contribution in [-0.4, -0.2) is 9.13 Å². The molecular weight excluding hydrogens is 727 g/mol. The van der Waals surface area contributed by atoms with Gasteiger partial charge in [0.05, 0.1) is 22.1 Å². The Morgan fingerprint density at radius 1 is 0.333 bits per heavy atom. The van der Waals surface area contributed by atoms with Crippen molar-refractivity contribution in [2.75, 3.05) is 4.90 Å². The molecule has 60 heavy (non-hydrogen) atoms. The van der Waals surface area contributed by atoms with E-state index < -0.39 is 0 Å². The first-order valence-corrected chi connectivity index (χ1v) is 20.9. The average Bonchev–Trinajstić information content (AvgIpc) is 3.89. The second kappa shape index (κ2) is 13.2. The molecule has 2 aromatic heterocycles. The van der Waals surface area contributed by atoms with Crippen LogP contribution in [0.2, 0.25) is 0 Å². The Labute approximate surface area is 349 Å². The van der Waals surface area contributed by atoms with Crippen LogP contribution >= 0.6 is 0 Å². The van der Waals surface area contributed by atoms with E-state index >= 15 is 0 Å². The number of anilines is 3. The molecule has 0 aliphatic heterocycles. The van der Waals surface area contributed by atoms with Crippen molar-refractivity contribution in [1.29, 1.82) is 0 Å². The van der Waals surface area contributed by atoms with Crippen LogP contribution in [0.1, 0.15) is 25.0 Å². The van der Waals surface area contributed by atoms with E-state index in [9.17, 15) is 0 Å². The predicted octanol–water partition coefficient (Wildman–Crippen LogP) is 15.3. The highest BCUT2D eigenvalue weighted by Gasteiger charge is 2.36. The van der Waals surface area contributed by atoms with E-state index in [1.54, 1.807) is 0 Å². The SMILES string of the molecule is CC1(C)c2ccccc2-c2ccc(N(c3ccc(-c4ccccc4)cc3)c3ccc4c(c3)c3cc5c(cc3n4-c3ccccc3)c3ccccc3n5-c3ccccc3)cc21. The van der Waals surface area contributed by atoms with Crippen molar-refractivity contribution in [3.63, 3.8) is 0 Å². The lowest BCUT2D eigenvalue weighted by Crippen LogP contribution is -2.16. The summed E-state index contributed by atoms with van der Waals surface area (Å²) >= 11 is 0. The first-order chi connectivity index (χ1) is 29.5. The van der Waals surface area contributed by atoms with Gasteiger partial charge in [-0.2, -0.15) is 0 Å².